The number of rotatable bonds is 11. The Morgan fingerprint density at radius 2 is 2.04 bits per heavy atom. The van der Waals surface area contributed by atoms with E-state index >= 15 is 0 Å². The minimum absolute atomic E-state index is 0.00735. The summed E-state index contributed by atoms with van der Waals surface area (Å²) in [5.41, 5.74) is 0.348. The zero-order valence-electron chi connectivity index (χ0n) is 25.1. The van der Waals surface area contributed by atoms with E-state index in [0.717, 1.165) is 21.9 Å². The van der Waals surface area contributed by atoms with E-state index in [1.54, 1.807) is 19.9 Å². The average Bonchev–Trinajstić information content (AvgIpc) is 3.31. The summed E-state index contributed by atoms with van der Waals surface area (Å²) in [6.45, 7) is 6.29. The van der Waals surface area contributed by atoms with E-state index in [2.05, 4.69) is 16.9 Å². The fraction of sp³-hybridized carbons (Fsp3) is 0.344. The maximum absolute atomic E-state index is 14.8. The van der Waals surface area contributed by atoms with E-state index in [9.17, 15) is 37.9 Å². The molecule has 0 bridgehead atoms. The molecule has 1 saturated carbocycles. The number of alkyl halides is 2. The topological polar surface area (TPSA) is 130 Å². The zero-order valence-corrected chi connectivity index (χ0v) is 25.8. The van der Waals surface area contributed by atoms with Crippen molar-refractivity contribution in [2.45, 2.75) is 50.7 Å². The molecule has 1 aromatic carbocycles. The van der Waals surface area contributed by atoms with E-state index in [1.165, 1.54) is 41.4 Å². The predicted molar refractivity (Wildman–Crippen MR) is 166 cm³/mol. The molecule has 0 spiro atoms. The molecule has 2 fully saturated rings. The van der Waals surface area contributed by atoms with Crippen molar-refractivity contribution in [3.63, 3.8) is 0 Å². The Bertz CT molecular complexity index is 1630. The van der Waals surface area contributed by atoms with Crippen molar-refractivity contribution >= 4 is 41.0 Å². The SMILES string of the molecule is C=C(C)C(=C(Cl)C=CC)C(C(=O)NC1CC(F)(F)C1)N(C(=O)C1CN(CCO)C(=O)N1c1cc(C#N)ccn1)c1cccc(F)c1. The van der Waals surface area contributed by atoms with Crippen molar-refractivity contribution in [3.05, 3.63) is 88.9 Å². The van der Waals surface area contributed by atoms with Gasteiger partial charge in [0, 0.05) is 47.9 Å². The molecule has 0 radical (unpaired) electrons. The maximum atomic E-state index is 14.8. The Hall–Kier alpha value is -4.67. The first-order valence-corrected chi connectivity index (χ1v) is 14.7. The van der Waals surface area contributed by atoms with E-state index in [0.29, 0.717) is 0 Å². The van der Waals surface area contributed by atoms with Crippen LogP contribution in [0.3, 0.4) is 0 Å². The largest absolute Gasteiger partial charge is 0.395 e. The number of nitrogens with zero attached hydrogens (tertiary/aromatic N) is 5. The van der Waals surface area contributed by atoms with Crippen molar-refractivity contribution in [2.75, 3.05) is 29.5 Å². The van der Waals surface area contributed by atoms with Crippen molar-refractivity contribution in [3.8, 4) is 6.07 Å². The molecule has 46 heavy (non-hydrogen) atoms. The van der Waals surface area contributed by atoms with Gasteiger partial charge < -0.3 is 15.3 Å². The number of β-amino-alcohol motifs (C(OH)–C–C–N with tert-alkyl or cyclic N) is 1. The number of aliphatic hydroxyl groups is 1. The van der Waals surface area contributed by atoms with Gasteiger partial charge in [-0.1, -0.05) is 35.9 Å². The van der Waals surface area contributed by atoms with Gasteiger partial charge in [0.05, 0.1) is 24.8 Å². The third-order valence-electron chi connectivity index (χ3n) is 7.53. The van der Waals surface area contributed by atoms with Gasteiger partial charge in [-0.15, -0.1) is 0 Å². The number of allylic oxidation sites excluding steroid dienone is 3. The zero-order chi connectivity index (χ0) is 33.8. The molecule has 2 unspecified atom stereocenters. The highest BCUT2D eigenvalue weighted by atomic mass is 35.5. The minimum Gasteiger partial charge on any atom is -0.395 e. The van der Waals surface area contributed by atoms with Gasteiger partial charge in [0.15, 0.2) is 0 Å². The molecule has 2 aliphatic rings. The van der Waals surface area contributed by atoms with Gasteiger partial charge in [0.25, 0.3) is 11.8 Å². The predicted octanol–water partition coefficient (Wildman–Crippen LogP) is 4.66. The fourth-order valence-corrected chi connectivity index (χ4v) is 5.83. The van der Waals surface area contributed by atoms with Crippen LogP contribution in [0.25, 0.3) is 0 Å². The number of benzene rings is 1. The van der Waals surface area contributed by atoms with Gasteiger partial charge in [0.1, 0.15) is 23.7 Å². The normalized spacial score (nSPS) is 18.9. The van der Waals surface area contributed by atoms with Crippen LogP contribution in [0, 0.1) is 17.1 Å². The fourth-order valence-electron chi connectivity index (χ4n) is 5.44. The van der Waals surface area contributed by atoms with Crippen LogP contribution in [0.2, 0.25) is 0 Å². The second kappa shape index (κ2) is 14.2. The molecular weight excluding hydrogens is 625 g/mol. The number of aromatic nitrogens is 1. The molecule has 14 heteroatoms. The lowest BCUT2D eigenvalue weighted by atomic mass is 9.87. The van der Waals surface area contributed by atoms with E-state index in [1.807, 2.05) is 6.07 Å². The first-order chi connectivity index (χ1) is 21.8. The standard InChI is InChI=1S/C32H32ClF3N6O4/c1-4-6-24(33)27(19(2)3)28(29(44)39-22-15-32(35,36)16-22)41(23-8-5-7-21(34)14-23)30(45)25-18-40(11-12-43)31(46)42(25)26-13-20(17-37)9-10-38-26/h4-10,13-14,22,25,28,43H,2,11-12,15-16,18H2,1,3H3,(H,39,44). The summed E-state index contributed by atoms with van der Waals surface area (Å²) >= 11 is 6.66. The van der Waals surface area contributed by atoms with Crippen LogP contribution in [0.4, 0.5) is 29.5 Å². The van der Waals surface area contributed by atoms with Crippen LogP contribution in [-0.2, 0) is 9.59 Å². The molecule has 10 nitrogen and oxygen atoms in total. The van der Waals surface area contributed by atoms with Gasteiger partial charge in [-0.3, -0.25) is 19.4 Å². The number of halogens is 4. The lowest BCUT2D eigenvalue weighted by Gasteiger charge is -2.39. The average molecular weight is 657 g/mol. The van der Waals surface area contributed by atoms with Crippen LogP contribution in [0.5, 0.6) is 0 Å². The molecule has 2 heterocycles. The van der Waals surface area contributed by atoms with E-state index < -0.39 is 67.2 Å². The number of hydrogen-bond donors (Lipinski definition) is 2. The van der Waals surface area contributed by atoms with Crippen LogP contribution < -0.4 is 15.1 Å². The highest BCUT2D eigenvalue weighted by Gasteiger charge is 2.50. The number of anilines is 2. The molecular formula is C32H32ClF3N6O4. The Balaban J connectivity index is 1.93. The van der Waals surface area contributed by atoms with Crippen LogP contribution in [-0.4, -0.2) is 76.6 Å². The third kappa shape index (κ3) is 7.24. The number of hydrogen-bond acceptors (Lipinski definition) is 6. The van der Waals surface area contributed by atoms with Gasteiger partial charge in [-0.2, -0.15) is 5.26 Å². The van der Waals surface area contributed by atoms with Gasteiger partial charge in [-0.25, -0.2) is 22.9 Å². The van der Waals surface area contributed by atoms with Crippen molar-refractivity contribution in [1.82, 2.24) is 15.2 Å². The van der Waals surface area contributed by atoms with Gasteiger partial charge in [0.2, 0.25) is 5.91 Å². The first-order valence-electron chi connectivity index (χ1n) is 14.3. The Kier molecular flexibility index (Phi) is 10.5. The van der Waals surface area contributed by atoms with Crippen molar-refractivity contribution in [2.24, 2.45) is 0 Å². The molecule has 4 amide bonds. The molecule has 1 aromatic heterocycles. The Morgan fingerprint density at radius 1 is 1.33 bits per heavy atom. The lowest BCUT2D eigenvalue weighted by Crippen LogP contribution is -2.60. The lowest BCUT2D eigenvalue weighted by molar-refractivity contribution is -0.132. The summed E-state index contributed by atoms with van der Waals surface area (Å²) in [5.74, 6) is -5.54. The number of carbonyl (C=O) groups is 3. The molecule has 2 N–H and O–H groups in total. The van der Waals surface area contributed by atoms with Crippen molar-refractivity contribution in [1.29, 1.82) is 5.26 Å². The number of nitrogens with one attached hydrogen (secondary N) is 1. The quantitative estimate of drug-likeness (QED) is 0.339. The number of nitriles is 1. The Labute approximate surface area is 269 Å². The second-order valence-electron chi connectivity index (χ2n) is 11.0. The van der Waals surface area contributed by atoms with Crippen LogP contribution >= 0.6 is 11.6 Å². The van der Waals surface area contributed by atoms with Crippen molar-refractivity contribution < 1.29 is 32.7 Å². The van der Waals surface area contributed by atoms with E-state index in [4.69, 9.17) is 11.6 Å². The van der Waals surface area contributed by atoms with Gasteiger partial charge in [-0.05, 0) is 50.3 Å². The molecule has 242 valence electrons. The van der Waals surface area contributed by atoms with Gasteiger partial charge >= 0.3 is 6.03 Å². The van der Waals surface area contributed by atoms with Crippen LogP contribution in [0.1, 0.15) is 32.3 Å². The summed E-state index contributed by atoms with van der Waals surface area (Å²) in [5, 5.41) is 21.7. The highest BCUT2D eigenvalue weighted by Crippen LogP contribution is 2.38. The Morgan fingerprint density at radius 3 is 2.63 bits per heavy atom. The number of carbonyl (C=O) groups excluding carboxylic acids is 3. The third-order valence-corrected chi connectivity index (χ3v) is 7.86. The summed E-state index contributed by atoms with van der Waals surface area (Å²) in [6.07, 6.45) is 3.10. The molecule has 1 aliphatic carbocycles. The smallest absolute Gasteiger partial charge is 0.326 e. The summed E-state index contributed by atoms with van der Waals surface area (Å²) < 4.78 is 42.3. The maximum Gasteiger partial charge on any atom is 0.326 e. The number of urea groups is 1. The summed E-state index contributed by atoms with van der Waals surface area (Å²) in [6, 6.07) is 4.80. The molecule has 1 saturated heterocycles. The molecule has 4 rings (SSSR count). The minimum atomic E-state index is -2.97. The molecule has 1 aliphatic heterocycles. The second-order valence-corrected chi connectivity index (χ2v) is 11.4. The number of aliphatic hydroxyl groups excluding tert-OH is 1. The molecule has 2 atom stereocenters. The van der Waals surface area contributed by atoms with Crippen LogP contribution in [0.15, 0.2) is 77.5 Å². The first kappa shape index (κ1) is 34.2. The summed E-state index contributed by atoms with van der Waals surface area (Å²) in [4.78, 5) is 49.9. The summed E-state index contributed by atoms with van der Waals surface area (Å²) in [7, 11) is 0. The number of pyridine rings is 1. The van der Waals surface area contributed by atoms with E-state index in [-0.39, 0.29) is 46.3 Å². The number of amides is 4. The molecule has 2 aromatic rings. The monoisotopic (exact) mass is 656 g/mol. The highest BCUT2D eigenvalue weighted by molar-refractivity contribution is 6.32.